The van der Waals surface area contributed by atoms with Crippen LogP contribution < -0.4 is 15.4 Å². The molecule has 2 aromatic rings. The van der Waals surface area contributed by atoms with Crippen LogP contribution in [0, 0.1) is 0 Å². The summed E-state index contributed by atoms with van der Waals surface area (Å²) in [6.07, 6.45) is 0.969. The van der Waals surface area contributed by atoms with Crippen molar-refractivity contribution >= 4 is 23.5 Å². The summed E-state index contributed by atoms with van der Waals surface area (Å²) in [5, 5.41) is 5.66. The predicted octanol–water partition coefficient (Wildman–Crippen LogP) is 2.55. The lowest BCUT2D eigenvalue weighted by Crippen LogP contribution is -2.51. The number of carbonyl (C=O) groups excluding carboxylic acids is 3. The minimum Gasteiger partial charge on any atom is -0.497 e. The van der Waals surface area contributed by atoms with Gasteiger partial charge in [-0.2, -0.15) is 0 Å². The van der Waals surface area contributed by atoms with E-state index in [-0.39, 0.29) is 24.4 Å². The summed E-state index contributed by atoms with van der Waals surface area (Å²) in [4.78, 5) is 38.9. The molecular formula is C22H23N3O5. The zero-order valence-electron chi connectivity index (χ0n) is 16.6. The smallest absolute Gasteiger partial charge is 0.325 e. The molecule has 8 heteroatoms. The standard InChI is InChI=1S/C22H23N3O5/c1-29-18-8-6-17(7-9-18)23-19(26)16-4-2-15(3-5-16)14-25-20(27)22(24-21(25)28)10-12-30-13-11-22/h2-9H,10-14H2,1H3,(H,23,26)(H,24,28). The first kappa shape index (κ1) is 19.9. The summed E-state index contributed by atoms with van der Waals surface area (Å²) in [6.45, 7) is 1.07. The highest BCUT2D eigenvalue weighted by Crippen LogP contribution is 2.29. The summed E-state index contributed by atoms with van der Waals surface area (Å²) in [7, 11) is 1.58. The zero-order valence-corrected chi connectivity index (χ0v) is 16.6. The maximum absolute atomic E-state index is 12.8. The van der Waals surface area contributed by atoms with Crippen LogP contribution in [0.4, 0.5) is 10.5 Å². The Bertz CT molecular complexity index is 950. The third-order valence-corrected chi connectivity index (χ3v) is 5.50. The number of benzene rings is 2. The Morgan fingerprint density at radius 1 is 1.10 bits per heavy atom. The van der Waals surface area contributed by atoms with E-state index in [1.165, 1.54) is 4.90 Å². The molecule has 2 aliphatic heterocycles. The average molecular weight is 409 g/mol. The lowest BCUT2D eigenvalue weighted by molar-refractivity contribution is -0.134. The zero-order chi connectivity index (χ0) is 21.1. The molecule has 0 aromatic heterocycles. The summed E-state index contributed by atoms with van der Waals surface area (Å²) in [5.74, 6) is 0.250. The Kier molecular flexibility index (Phi) is 5.41. The number of amides is 4. The first-order valence-electron chi connectivity index (χ1n) is 9.77. The molecule has 4 rings (SSSR count). The summed E-state index contributed by atoms with van der Waals surface area (Å²) in [6, 6.07) is 13.5. The van der Waals surface area contributed by atoms with E-state index in [0.29, 0.717) is 43.1 Å². The minimum atomic E-state index is -0.840. The molecule has 0 unspecified atom stereocenters. The number of anilines is 1. The molecular weight excluding hydrogens is 386 g/mol. The number of ether oxygens (including phenoxy) is 2. The number of imide groups is 1. The largest absolute Gasteiger partial charge is 0.497 e. The Balaban J connectivity index is 1.40. The van der Waals surface area contributed by atoms with E-state index in [1.54, 1.807) is 55.6 Å². The Morgan fingerprint density at radius 2 is 1.77 bits per heavy atom. The van der Waals surface area contributed by atoms with Gasteiger partial charge in [0.05, 0.1) is 13.7 Å². The molecule has 2 saturated heterocycles. The fourth-order valence-corrected chi connectivity index (χ4v) is 3.70. The second-order valence-corrected chi connectivity index (χ2v) is 7.40. The number of nitrogens with zero attached hydrogens (tertiary/aromatic N) is 1. The maximum atomic E-state index is 12.8. The molecule has 2 N–H and O–H groups in total. The van der Waals surface area contributed by atoms with Crippen LogP contribution >= 0.6 is 0 Å². The maximum Gasteiger partial charge on any atom is 0.325 e. The molecule has 2 heterocycles. The van der Waals surface area contributed by atoms with E-state index in [9.17, 15) is 14.4 Å². The van der Waals surface area contributed by atoms with Crippen LogP contribution in [0.2, 0.25) is 0 Å². The van der Waals surface area contributed by atoms with E-state index in [4.69, 9.17) is 9.47 Å². The number of hydrogen-bond acceptors (Lipinski definition) is 5. The van der Waals surface area contributed by atoms with Crippen molar-refractivity contribution in [2.75, 3.05) is 25.6 Å². The van der Waals surface area contributed by atoms with Gasteiger partial charge < -0.3 is 20.1 Å². The molecule has 0 aliphatic carbocycles. The molecule has 2 fully saturated rings. The van der Waals surface area contributed by atoms with Gasteiger partial charge in [0.25, 0.3) is 11.8 Å². The Hall–Kier alpha value is -3.39. The Labute approximate surface area is 174 Å². The van der Waals surface area contributed by atoms with Gasteiger partial charge in [0.15, 0.2) is 0 Å². The van der Waals surface area contributed by atoms with Gasteiger partial charge in [0.1, 0.15) is 11.3 Å². The van der Waals surface area contributed by atoms with Gasteiger partial charge in [-0.1, -0.05) is 12.1 Å². The van der Waals surface area contributed by atoms with E-state index >= 15 is 0 Å². The fourth-order valence-electron chi connectivity index (χ4n) is 3.70. The van der Waals surface area contributed by atoms with Gasteiger partial charge in [0.2, 0.25) is 0 Å². The second kappa shape index (κ2) is 8.16. The van der Waals surface area contributed by atoms with Crippen molar-refractivity contribution < 1.29 is 23.9 Å². The first-order chi connectivity index (χ1) is 14.5. The first-order valence-corrected chi connectivity index (χ1v) is 9.77. The average Bonchev–Trinajstić information content (AvgIpc) is 2.99. The van der Waals surface area contributed by atoms with Gasteiger partial charge in [-0.15, -0.1) is 0 Å². The van der Waals surface area contributed by atoms with Crippen LogP contribution in [-0.2, 0) is 16.1 Å². The van der Waals surface area contributed by atoms with Crippen molar-refractivity contribution in [2.24, 2.45) is 0 Å². The van der Waals surface area contributed by atoms with E-state index < -0.39 is 5.54 Å². The third-order valence-electron chi connectivity index (χ3n) is 5.50. The molecule has 30 heavy (non-hydrogen) atoms. The lowest BCUT2D eigenvalue weighted by Gasteiger charge is -2.30. The van der Waals surface area contributed by atoms with Gasteiger partial charge in [-0.05, 0) is 42.0 Å². The van der Waals surface area contributed by atoms with Crippen molar-refractivity contribution in [3.63, 3.8) is 0 Å². The minimum absolute atomic E-state index is 0.160. The Morgan fingerprint density at radius 3 is 2.40 bits per heavy atom. The number of nitrogens with one attached hydrogen (secondary N) is 2. The van der Waals surface area contributed by atoms with E-state index in [1.807, 2.05) is 0 Å². The molecule has 0 bridgehead atoms. The van der Waals surface area contributed by atoms with Crippen LogP contribution in [0.1, 0.15) is 28.8 Å². The molecule has 156 valence electrons. The summed E-state index contributed by atoms with van der Waals surface area (Å²) < 4.78 is 10.4. The van der Waals surface area contributed by atoms with E-state index in [0.717, 1.165) is 5.56 Å². The number of rotatable bonds is 5. The third kappa shape index (κ3) is 3.86. The van der Waals surface area contributed by atoms with Crippen molar-refractivity contribution in [3.05, 3.63) is 59.7 Å². The lowest BCUT2D eigenvalue weighted by atomic mass is 9.90. The monoisotopic (exact) mass is 409 g/mol. The normalized spacial score (nSPS) is 17.7. The van der Waals surface area contributed by atoms with Gasteiger partial charge >= 0.3 is 6.03 Å². The molecule has 1 spiro atoms. The molecule has 2 aromatic carbocycles. The van der Waals surface area contributed by atoms with Crippen molar-refractivity contribution in [3.8, 4) is 5.75 Å². The topological polar surface area (TPSA) is 97.0 Å². The molecule has 0 atom stereocenters. The molecule has 0 saturated carbocycles. The SMILES string of the molecule is COc1ccc(NC(=O)c2ccc(CN3C(=O)NC4(CCOCC4)C3=O)cc2)cc1. The van der Waals surface area contributed by atoms with E-state index in [2.05, 4.69) is 10.6 Å². The van der Waals surface area contributed by atoms with Gasteiger partial charge in [0, 0.05) is 37.3 Å². The number of carbonyl (C=O) groups is 3. The number of methoxy groups -OCH3 is 1. The summed E-state index contributed by atoms with van der Waals surface area (Å²) >= 11 is 0. The predicted molar refractivity (Wildman–Crippen MR) is 109 cm³/mol. The highest BCUT2D eigenvalue weighted by Gasteiger charge is 2.51. The molecule has 8 nitrogen and oxygen atoms in total. The fraction of sp³-hybridized carbons (Fsp3) is 0.318. The highest BCUT2D eigenvalue weighted by molar-refractivity contribution is 6.07. The highest BCUT2D eigenvalue weighted by atomic mass is 16.5. The van der Waals surface area contributed by atoms with Crippen molar-refractivity contribution in [2.45, 2.75) is 24.9 Å². The van der Waals surface area contributed by atoms with Gasteiger partial charge in [-0.25, -0.2) is 4.79 Å². The van der Waals surface area contributed by atoms with Crippen LogP contribution in [-0.4, -0.2) is 48.6 Å². The van der Waals surface area contributed by atoms with Crippen LogP contribution in [0.25, 0.3) is 0 Å². The summed E-state index contributed by atoms with van der Waals surface area (Å²) in [5.41, 5.74) is 1.07. The van der Waals surface area contributed by atoms with Crippen molar-refractivity contribution in [1.29, 1.82) is 0 Å². The van der Waals surface area contributed by atoms with Crippen molar-refractivity contribution in [1.82, 2.24) is 10.2 Å². The van der Waals surface area contributed by atoms with Crippen LogP contribution in [0.3, 0.4) is 0 Å². The molecule has 0 radical (unpaired) electrons. The van der Waals surface area contributed by atoms with Gasteiger partial charge in [-0.3, -0.25) is 14.5 Å². The number of urea groups is 1. The van der Waals surface area contributed by atoms with Crippen LogP contribution in [0.5, 0.6) is 5.75 Å². The number of hydrogen-bond donors (Lipinski definition) is 2. The molecule has 4 amide bonds. The van der Waals surface area contributed by atoms with Crippen LogP contribution in [0.15, 0.2) is 48.5 Å². The molecule has 2 aliphatic rings. The quantitative estimate of drug-likeness (QED) is 0.740. The second-order valence-electron chi connectivity index (χ2n) is 7.40.